The Labute approximate surface area is 108 Å². The summed E-state index contributed by atoms with van der Waals surface area (Å²) in [5.41, 5.74) is 0. The molecule has 0 N–H and O–H groups in total. The highest BCUT2D eigenvalue weighted by Gasteiger charge is 2.27. The molecule has 1 fully saturated rings. The van der Waals surface area contributed by atoms with Gasteiger partial charge >= 0.3 is 0 Å². The molecule has 0 unspecified atom stereocenters. The van der Waals surface area contributed by atoms with Crippen LogP contribution in [0.4, 0.5) is 0 Å². The van der Waals surface area contributed by atoms with Gasteiger partial charge in [-0.25, -0.2) is 0 Å². The molecule has 0 radical (unpaired) electrons. The minimum Gasteiger partial charge on any atom is -0.342 e. The fourth-order valence-corrected chi connectivity index (χ4v) is 2.90. The molecule has 0 spiro atoms. The van der Waals surface area contributed by atoms with Crippen LogP contribution in [0.5, 0.6) is 0 Å². The second-order valence-corrected chi connectivity index (χ2v) is 5.76. The lowest BCUT2D eigenvalue weighted by Crippen LogP contribution is -2.39. The Morgan fingerprint density at radius 1 is 1.25 bits per heavy atom. The quantitative estimate of drug-likeness (QED) is 0.710. The summed E-state index contributed by atoms with van der Waals surface area (Å²) in [5.74, 6) is 1.52. The van der Waals surface area contributed by atoms with E-state index in [0.717, 1.165) is 43.6 Å². The Kier molecular flexibility index (Phi) is 6.40. The molecule has 0 aromatic heterocycles. The minimum atomic E-state index is 0.307. The SMILES string of the molecule is CCCN(CCBr)C(=O)C1CCC(C)CC1. The van der Waals surface area contributed by atoms with Gasteiger partial charge < -0.3 is 4.90 Å². The Hall–Kier alpha value is -0.0500. The van der Waals surface area contributed by atoms with E-state index in [2.05, 4.69) is 29.8 Å². The van der Waals surface area contributed by atoms with Crippen LogP contribution in [0.3, 0.4) is 0 Å². The second kappa shape index (κ2) is 7.31. The average Bonchev–Trinajstić information content (AvgIpc) is 2.29. The molecular formula is C13H24BrNO. The van der Waals surface area contributed by atoms with Crippen LogP contribution >= 0.6 is 15.9 Å². The van der Waals surface area contributed by atoms with Gasteiger partial charge in [0.2, 0.25) is 5.91 Å². The Morgan fingerprint density at radius 3 is 2.38 bits per heavy atom. The summed E-state index contributed by atoms with van der Waals surface area (Å²) < 4.78 is 0. The number of carbonyl (C=O) groups is 1. The lowest BCUT2D eigenvalue weighted by molar-refractivity contribution is -0.136. The number of alkyl halides is 1. The smallest absolute Gasteiger partial charge is 0.225 e. The lowest BCUT2D eigenvalue weighted by Gasteiger charge is -2.30. The van der Waals surface area contributed by atoms with Crippen LogP contribution in [0, 0.1) is 11.8 Å². The first-order chi connectivity index (χ1) is 7.69. The van der Waals surface area contributed by atoms with Crippen molar-refractivity contribution in [1.82, 2.24) is 4.90 Å². The summed E-state index contributed by atoms with van der Waals surface area (Å²) in [6, 6.07) is 0. The van der Waals surface area contributed by atoms with E-state index in [1.807, 2.05) is 4.90 Å². The predicted molar refractivity (Wildman–Crippen MR) is 71.8 cm³/mol. The lowest BCUT2D eigenvalue weighted by atomic mass is 9.82. The molecule has 0 saturated heterocycles. The second-order valence-electron chi connectivity index (χ2n) is 4.97. The van der Waals surface area contributed by atoms with Crippen molar-refractivity contribution in [1.29, 1.82) is 0 Å². The Balaban J connectivity index is 2.46. The summed E-state index contributed by atoms with van der Waals surface area (Å²) in [5, 5.41) is 0.891. The van der Waals surface area contributed by atoms with Crippen molar-refractivity contribution in [3.63, 3.8) is 0 Å². The number of carbonyl (C=O) groups excluding carboxylic acids is 1. The third kappa shape index (κ3) is 4.08. The highest BCUT2D eigenvalue weighted by Crippen LogP contribution is 2.29. The van der Waals surface area contributed by atoms with Crippen molar-refractivity contribution in [2.24, 2.45) is 11.8 Å². The topological polar surface area (TPSA) is 20.3 Å². The first-order valence-corrected chi connectivity index (χ1v) is 7.66. The molecule has 3 heteroatoms. The zero-order valence-electron chi connectivity index (χ0n) is 10.5. The highest BCUT2D eigenvalue weighted by atomic mass is 79.9. The molecule has 1 aliphatic rings. The van der Waals surface area contributed by atoms with Gasteiger partial charge in [-0.1, -0.05) is 29.8 Å². The summed E-state index contributed by atoms with van der Waals surface area (Å²) in [7, 11) is 0. The first-order valence-electron chi connectivity index (χ1n) is 6.53. The monoisotopic (exact) mass is 289 g/mol. The van der Waals surface area contributed by atoms with Gasteiger partial charge in [0.05, 0.1) is 0 Å². The number of hydrogen-bond donors (Lipinski definition) is 0. The zero-order valence-corrected chi connectivity index (χ0v) is 12.1. The van der Waals surface area contributed by atoms with Gasteiger partial charge in [0.1, 0.15) is 0 Å². The van der Waals surface area contributed by atoms with Crippen LogP contribution in [-0.2, 0) is 4.79 Å². The maximum absolute atomic E-state index is 12.3. The van der Waals surface area contributed by atoms with Crippen molar-refractivity contribution in [3.8, 4) is 0 Å². The summed E-state index contributed by atoms with van der Waals surface area (Å²) in [6.07, 6.45) is 5.71. The third-order valence-corrected chi connectivity index (χ3v) is 3.88. The number of nitrogens with zero attached hydrogens (tertiary/aromatic N) is 1. The van der Waals surface area contributed by atoms with Crippen LogP contribution in [-0.4, -0.2) is 29.2 Å². The van der Waals surface area contributed by atoms with Gasteiger partial charge in [-0.15, -0.1) is 0 Å². The molecule has 0 aromatic carbocycles. The molecule has 16 heavy (non-hydrogen) atoms. The average molecular weight is 290 g/mol. The standard InChI is InChI=1S/C13H24BrNO/c1-3-9-15(10-8-14)13(16)12-6-4-11(2)5-7-12/h11-12H,3-10H2,1-2H3. The molecule has 1 rings (SSSR count). The van der Waals surface area contributed by atoms with E-state index in [1.54, 1.807) is 0 Å². The molecule has 1 amide bonds. The van der Waals surface area contributed by atoms with E-state index < -0.39 is 0 Å². The molecule has 0 heterocycles. The Morgan fingerprint density at radius 2 is 1.88 bits per heavy atom. The van der Waals surface area contributed by atoms with E-state index in [1.165, 1.54) is 12.8 Å². The van der Waals surface area contributed by atoms with E-state index in [0.29, 0.717) is 11.8 Å². The highest BCUT2D eigenvalue weighted by molar-refractivity contribution is 9.09. The number of rotatable bonds is 5. The molecule has 1 aliphatic carbocycles. The van der Waals surface area contributed by atoms with E-state index >= 15 is 0 Å². The Bertz CT molecular complexity index is 206. The summed E-state index contributed by atoms with van der Waals surface area (Å²) in [6.45, 7) is 6.20. The van der Waals surface area contributed by atoms with Crippen molar-refractivity contribution < 1.29 is 4.79 Å². The number of amides is 1. The first kappa shape index (κ1) is 14.0. The largest absolute Gasteiger partial charge is 0.342 e. The predicted octanol–water partition coefficient (Wildman–Crippen LogP) is 3.45. The zero-order chi connectivity index (χ0) is 12.0. The van der Waals surface area contributed by atoms with Crippen LogP contribution in [0.15, 0.2) is 0 Å². The fraction of sp³-hybridized carbons (Fsp3) is 0.923. The molecular weight excluding hydrogens is 266 g/mol. The van der Waals surface area contributed by atoms with Gasteiger partial charge in [0, 0.05) is 24.3 Å². The summed E-state index contributed by atoms with van der Waals surface area (Å²) >= 11 is 3.43. The van der Waals surface area contributed by atoms with Crippen LogP contribution in [0.25, 0.3) is 0 Å². The van der Waals surface area contributed by atoms with Crippen LogP contribution < -0.4 is 0 Å². The van der Waals surface area contributed by atoms with Gasteiger partial charge in [0.25, 0.3) is 0 Å². The van der Waals surface area contributed by atoms with Gasteiger partial charge in [0.15, 0.2) is 0 Å². The maximum Gasteiger partial charge on any atom is 0.225 e. The normalized spacial score (nSPS) is 25.4. The molecule has 0 aliphatic heterocycles. The number of hydrogen-bond acceptors (Lipinski definition) is 1. The van der Waals surface area contributed by atoms with Crippen LogP contribution in [0.2, 0.25) is 0 Å². The molecule has 94 valence electrons. The van der Waals surface area contributed by atoms with Gasteiger partial charge in [-0.2, -0.15) is 0 Å². The summed E-state index contributed by atoms with van der Waals surface area (Å²) in [4.78, 5) is 14.3. The molecule has 0 aromatic rings. The van der Waals surface area contributed by atoms with Crippen LogP contribution in [0.1, 0.15) is 46.0 Å². The molecule has 0 bridgehead atoms. The minimum absolute atomic E-state index is 0.307. The molecule has 2 nitrogen and oxygen atoms in total. The van der Waals surface area contributed by atoms with Crippen molar-refractivity contribution in [3.05, 3.63) is 0 Å². The third-order valence-electron chi connectivity index (χ3n) is 3.52. The molecule has 0 atom stereocenters. The van der Waals surface area contributed by atoms with Gasteiger partial charge in [-0.05, 0) is 38.0 Å². The number of halogens is 1. The molecule has 1 saturated carbocycles. The van der Waals surface area contributed by atoms with Crippen molar-refractivity contribution in [2.45, 2.75) is 46.0 Å². The van der Waals surface area contributed by atoms with E-state index in [-0.39, 0.29) is 0 Å². The maximum atomic E-state index is 12.3. The fourth-order valence-electron chi connectivity index (χ4n) is 2.47. The van der Waals surface area contributed by atoms with E-state index in [9.17, 15) is 4.79 Å². The van der Waals surface area contributed by atoms with Gasteiger partial charge in [-0.3, -0.25) is 4.79 Å². The van der Waals surface area contributed by atoms with Crippen molar-refractivity contribution in [2.75, 3.05) is 18.4 Å². The van der Waals surface area contributed by atoms with Crippen molar-refractivity contribution >= 4 is 21.8 Å². The van der Waals surface area contributed by atoms with E-state index in [4.69, 9.17) is 0 Å².